The topological polar surface area (TPSA) is 60.2 Å². The Morgan fingerprint density at radius 1 is 1.33 bits per heavy atom. The summed E-state index contributed by atoms with van der Waals surface area (Å²) in [4.78, 5) is 22.5. The number of nitrogens with zero attached hydrogens (tertiary/aromatic N) is 1. The number of carbonyl (C=O) groups excluding carboxylic acids is 1. The van der Waals surface area contributed by atoms with Gasteiger partial charge in [0.1, 0.15) is 5.82 Å². The molecule has 4 nitrogen and oxygen atoms in total. The SMILES string of the molecule is Cc1ccc([N+](=O)[O-])cc1C(=O)Cc1c(F)cccc1Cl. The van der Waals surface area contributed by atoms with Crippen molar-refractivity contribution in [2.45, 2.75) is 13.3 Å². The van der Waals surface area contributed by atoms with Crippen LogP contribution in [0, 0.1) is 22.9 Å². The third-order valence-corrected chi connectivity index (χ3v) is 3.49. The minimum absolute atomic E-state index is 0.0927. The second-order valence-corrected chi connectivity index (χ2v) is 4.96. The van der Waals surface area contributed by atoms with Crippen LogP contribution >= 0.6 is 11.6 Å². The van der Waals surface area contributed by atoms with Gasteiger partial charge in [-0.1, -0.05) is 23.7 Å². The summed E-state index contributed by atoms with van der Waals surface area (Å²) in [5, 5.41) is 10.9. The van der Waals surface area contributed by atoms with Crippen molar-refractivity contribution in [1.82, 2.24) is 0 Å². The number of nitro groups is 1. The fourth-order valence-corrected chi connectivity index (χ4v) is 2.21. The van der Waals surface area contributed by atoms with Gasteiger partial charge >= 0.3 is 0 Å². The van der Waals surface area contributed by atoms with Gasteiger partial charge in [0.05, 0.1) is 4.92 Å². The molecule has 0 N–H and O–H groups in total. The summed E-state index contributed by atoms with van der Waals surface area (Å²) in [7, 11) is 0. The number of hydrogen-bond acceptors (Lipinski definition) is 3. The van der Waals surface area contributed by atoms with Crippen LogP contribution < -0.4 is 0 Å². The van der Waals surface area contributed by atoms with E-state index in [2.05, 4.69) is 0 Å². The third-order valence-electron chi connectivity index (χ3n) is 3.13. The van der Waals surface area contributed by atoms with E-state index in [1.54, 1.807) is 6.92 Å². The zero-order chi connectivity index (χ0) is 15.6. The number of nitro benzene ring substituents is 1. The highest BCUT2D eigenvalue weighted by molar-refractivity contribution is 6.31. The second-order valence-electron chi connectivity index (χ2n) is 4.56. The highest BCUT2D eigenvalue weighted by Crippen LogP contribution is 2.23. The lowest BCUT2D eigenvalue weighted by molar-refractivity contribution is -0.384. The molecule has 0 bridgehead atoms. The van der Waals surface area contributed by atoms with E-state index in [-0.39, 0.29) is 28.3 Å². The van der Waals surface area contributed by atoms with E-state index >= 15 is 0 Å². The molecule has 21 heavy (non-hydrogen) atoms. The molecule has 0 saturated carbocycles. The largest absolute Gasteiger partial charge is 0.294 e. The van der Waals surface area contributed by atoms with Gasteiger partial charge in [-0.2, -0.15) is 0 Å². The molecular weight excluding hydrogens is 297 g/mol. The van der Waals surface area contributed by atoms with Gasteiger partial charge in [0, 0.05) is 34.7 Å². The van der Waals surface area contributed by atoms with Gasteiger partial charge in [-0.15, -0.1) is 0 Å². The molecule has 0 saturated heterocycles. The van der Waals surface area contributed by atoms with E-state index in [1.807, 2.05) is 0 Å². The molecule has 0 atom stereocenters. The number of aryl methyl sites for hydroxylation is 1. The summed E-state index contributed by atoms with van der Waals surface area (Å²) in [5.41, 5.74) is 0.709. The van der Waals surface area contributed by atoms with E-state index in [1.165, 1.54) is 36.4 Å². The van der Waals surface area contributed by atoms with Crippen LogP contribution in [0.5, 0.6) is 0 Å². The Morgan fingerprint density at radius 2 is 2.05 bits per heavy atom. The van der Waals surface area contributed by atoms with Gasteiger partial charge in [0.25, 0.3) is 5.69 Å². The summed E-state index contributed by atoms with van der Waals surface area (Å²) in [5.74, 6) is -0.984. The number of halogens is 2. The van der Waals surface area contributed by atoms with Crippen LogP contribution in [0.15, 0.2) is 36.4 Å². The fraction of sp³-hybridized carbons (Fsp3) is 0.133. The average molecular weight is 308 g/mol. The average Bonchev–Trinajstić information content (AvgIpc) is 2.43. The highest BCUT2D eigenvalue weighted by Gasteiger charge is 2.18. The van der Waals surface area contributed by atoms with E-state index in [4.69, 9.17) is 11.6 Å². The van der Waals surface area contributed by atoms with Gasteiger partial charge < -0.3 is 0 Å². The van der Waals surface area contributed by atoms with Gasteiger partial charge in [0.15, 0.2) is 5.78 Å². The first kappa shape index (κ1) is 15.1. The molecule has 2 rings (SSSR count). The first-order valence-electron chi connectivity index (χ1n) is 6.11. The van der Waals surface area contributed by atoms with Crippen LogP contribution in [0.2, 0.25) is 5.02 Å². The lowest BCUT2D eigenvalue weighted by Crippen LogP contribution is -2.08. The molecule has 0 spiro atoms. The predicted octanol–water partition coefficient (Wildman–Crippen LogP) is 4.12. The molecule has 0 unspecified atom stereocenters. The molecule has 0 amide bonds. The van der Waals surface area contributed by atoms with Crippen LogP contribution in [-0.2, 0) is 6.42 Å². The molecule has 0 aliphatic carbocycles. The van der Waals surface area contributed by atoms with Crippen molar-refractivity contribution in [3.63, 3.8) is 0 Å². The standard InChI is InChI=1S/C15H11ClFNO3/c1-9-5-6-10(18(20)21)7-11(9)15(19)8-12-13(16)3-2-4-14(12)17/h2-7H,8H2,1H3. The molecule has 0 aliphatic heterocycles. The summed E-state index contributed by atoms with van der Waals surface area (Å²) in [6, 6.07) is 8.18. The quantitative estimate of drug-likeness (QED) is 0.485. The molecule has 2 aromatic rings. The molecule has 0 radical (unpaired) electrons. The van der Waals surface area contributed by atoms with E-state index in [9.17, 15) is 19.3 Å². The van der Waals surface area contributed by atoms with Crippen LogP contribution in [-0.4, -0.2) is 10.7 Å². The third kappa shape index (κ3) is 3.25. The van der Waals surface area contributed by atoms with E-state index < -0.39 is 16.5 Å². The van der Waals surface area contributed by atoms with Crippen molar-refractivity contribution in [3.8, 4) is 0 Å². The number of ketones is 1. The molecule has 108 valence electrons. The summed E-state index contributed by atoms with van der Waals surface area (Å²) in [6.07, 6.45) is -0.243. The van der Waals surface area contributed by atoms with Crippen molar-refractivity contribution in [3.05, 3.63) is 74.0 Å². The number of Topliss-reactive ketones (excluding diaryl/α,β-unsaturated/α-hetero) is 1. The van der Waals surface area contributed by atoms with Gasteiger partial charge in [-0.25, -0.2) is 4.39 Å². The Labute approximate surface area is 125 Å². The van der Waals surface area contributed by atoms with Crippen molar-refractivity contribution in [2.24, 2.45) is 0 Å². The number of hydrogen-bond donors (Lipinski definition) is 0. The summed E-state index contributed by atoms with van der Waals surface area (Å²) in [6.45, 7) is 1.67. The maximum Gasteiger partial charge on any atom is 0.270 e. The molecule has 0 fully saturated rings. The maximum absolute atomic E-state index is 13.7. The zero-order valence-corrected chi connectivity index (χ0v) is 11.9. The second kappa shape index (κ2) is 6.01. The molecular formula is C15H11ClFNO3. The minimum atomic E-state index is -0.577. The van der Waals surface area contributed by atoms with Gasteiger partial charge in [-0.3, -0.25) is 14.9 Å². The van der Waals surface area contributed by atoms with Crippen LogP contribution in [0.4, 0.5) is 10.1 Å². The Morgan fingerprint density at radius 3 is 2.67 bits per heavy atom. The minimum Gasteiger partial charge on any atom is -0.294 e. The first-order valence-corrected chi connectivity index (χ1v) is 6.49. The molecule has 2 aromatic carbocycles. The Hall–Kier alpha value is -2.27. The lowest BCUT2D eigenvalue weighted by atomic mass is 9.98. The van der Waals surface area contributed by atoms with Crippen molar-refractivity contribution in [1.29, 1.82) is 0 Å². The number of carbonyl (C=O) groups is 1. The van der Waals surface area contributed by atoms with Crippen molar-refractivity contribution in [2.75, 3.05) is 0 Å². The predicted molar refractivity (Wildman–Crippen MR) is 77.3 cm³/mol. The molecule has 0 aromatic heterocycles. The van der Waals surface area contributed by atoms with E-state index in [0.29, 0.717) is 5.56 Å². The summed E-state index contributed by atoms with van der Waals surface area (Å²) < 4.78 is 13.7. The number of rotatable bonds is 4. The molecule has 0 aliphatic rings. The molecule has 6 heteroatoms. The van der Waals surface area contributed by atoms with Crippen molar-refractivity contribution >= 4 is 23.1 Å². The van der Waals surface area contributed by atoms with Crippen LogP contribution in [0.3, 0.4) is 0 Å². The van der Waals surface area contributed by atoms with Gasteiger partial charge in [-0.05, 0) is 24.6 Å². The lowest BCUT2D eigenvalue weighted by Gasteiger charge is -2.07. The monoisotopic (exact) mass is 307 g/mol. The zero-order valence-electron chi connectivity index (χ0n) is 11.1. The Kier molecular flexibility index (Phi) is 4.33. The van der Waals surface area contributed by atoms with E-state index in [0.717, 1.165) is 0 Å². The summed E-state index contributed by atoms with van der Waals surface area (Å²) >= 11 is 5.88. The number of non-ortho nitro benzene ring substituents is 1. The van der Waals surface area contributed by atoms with Crippen molar-refractivity contribution < 1.29 is 14.1 Å². The Balaban J connectivity index is 2.37. The van der Waals surface area contributed by atoms with Crippen LogP contribution in [0.1, 0.15) is 21.5 Å². The number of benzene rings is 2. The maximum atomic E-state index is 13.7. The normalized spacial score (nSPS) is 10.4. The first-order chi connectivity index (χ1) is 9.90. The molecule has 0 heterocycles. The highest BCUT2D eigenvalue weighted by atomic mass is 35.5. The Bertz CT molecular complexity index is 711. The smallest absolute Gasteiger partial charge is 0.270 e. The fourth-order valence-electron chi connectivity index (χ4n) is 1.98. The van der Waals surface area contributed by atoms with Crippen LogP contribution in [0.25, 0.3) is 0 Å². The van der Waals surface area contributed by atoms with Gasteiger partial charge in [0.2, 0.25) is 0 Å².